The second-order valence-corrected chi connectivity index (χ2v) is 7.25. The normalized spacial score (nSPS) is 12.1. The van der Waals surface area contributed by atoms with E-state index in [2.05, 4.69) is 0 Å². The maximum atomic E-state index is 12.3. The molecule has 0 aliphatic heterocycles. The van der Waals surface area contributed by atoms with Gasteiger partial charge in [-0.3, -0.25) is 9.59 Å². The zero-order chi connectivity index (χ0) is 19.8. The molecule has 2 aromatic rings. The first-order valence-corrected chi connectivity index (χ1v) is 9.58. The van der Waals surface area contributed by atoms with Gasteiger partial charge in [-0.15, -0.1) is 11.3 Å². The van der Waals surface area contributed by atoms with Crippen LogP contribution in [0.4, 0.5) is 0 Å². The number of ether oxygens (including phenoxy) is 2. The van der Waals surface area contributed by atoms with Gasteiger partial charge < -0.3 is 24.8 Å². The van der Waals surface area contributed by atoms with Crippen molar-refractivity contribution in [3.63, 3.8) is 0 Å². The zero-order valence-corrected chi connectivity index (χ0v) is 16.0. The molecule has 1 aromatic carbocycles. The van der Waals surface area contributed by atoms with Crippen LogP contribution in [0.2, 0.25) is 0 Å². The van der Waals surface area contributed by atoms with Crippen LogP contribution in [0.5, 0.6) is 11.5 Å². The van der Waals surface area contributed by atoms with Crippen LogP contribution in [0.3, 0.4) is 0 Å². The quantitative estimate of drug-likeness (QED) is 0.373. The number of aliphatic carboxylic acids is 1. The molecule has 0 saturated carbocycles. The number of carboxylic acids is 1. The summed E-state index contributed by atoms with van der Waals surface area (Å²) >= 11 is 1.28. The van der Waals surface area contributed by atoms with Crippen LogP contribution in [-0.2, 0) is 4.79 Å². The minimum absolute atomic E-state index is 0.0157. The smallest absolute Gasteiger partial charge is 0.306 e. The molecule has 0 saturated heterocycles. The second-order valence-electron chi connectivity index (χ2n) is 6.17. The number of fused-ring (bicyclic) bond motifs is 1. The number of thiophene rings is 1. The van der Waals surface area contributed by atoms with Crippen LogP contribution < -0.4 is 9.47 Å². The second kappa shape index (κ2) is 10.2. The fourth-order valence-electron chi connectivity index (χ4n) is 2.37. The SMILES string of the molecule is CC(CC(=O)c1cc2cc(OCCCO)c(OCCCO)cc2s1)C(=O)O. The fraction of sp³-hybridized carbons (Fsp3) is 0.474. The Balaban J connectivity index is 2.26. The van der Waals surface area contributed by atoms with Crippen molar-refractivity contribution in [1.82, 2.24) is 0 Å². The molecule has 148 valence electrons. The minimum Gasteiger partial charge on any atom is -0.490 e. The third-order valence-corrected chi connectivity index (χ3v) is 5.03. The molecule has 27 heavy (non-hydrogen) atoms. The van der Waals surface area contributed by atoms with E-state index in [0.29, 0.717) is 42.4 Å². The summed E-state index contributed by atoms with van der Waals surface area (Å²) in [7, 11) is 0. The van der Waals surface area contributed by atoms with Crippen LogP contribution in [0.1, 0.15) is 35.9 Å². The van der Waals surface area contributed by atoms with Gasteiger partial charge in [-0.25, -0.2) is 0 Å². The molecule has 2 rings (SSSR count). The van der Waals surface area contributed by atoms with Crippen molar-refractivity contribution in [3.05, 3.63) is 23.1 Å². The summed E-state index contributed by atoms with van der Waals surface area (Å²) in [6.07, 6.45) is 0.909. The Bertz CT molecular complexity index is 737. The standard InChI is InChI=1S/C19H24O7S/c1-12(19(23)24)8-14(22)18-10-13-9-15(25-6-2-4-20)16(11-17(13)27-18)26-7-3-5-21/h9-12,20-21H,2-8H2,1H3,(H,23,24). The van der Waals surface area contributed by atoms with E-state index in [0.717, 1.165) is 10.1 Å². The molecule has 3 N–H and O–H groups in total. The van der Waals surface area contributed by atoms with E-state index >= 15 is 0 Å². The van der Waals surface area contributed by atoms with Crippen molar-refractivity contribution in [2.24, 2.45) is 5.92 Å². The third kappa shape index (κ3) is 5.92. The van der Waals surface area contributed by atoms with E-state index in [9.17, 15) is 9.59 Å². The lowest BCUT2D eigenvalue weighted by atomic mass is 10.0. The maximum absolute atomic E-state index is 12.3. The van der Waals surface area contributed by atoms with Crippen molar-refractivity contribution < 1.29 is 34.4 Å². The number of aliphatic hydroxyl groups is 2. The lowest BCUT2D eigenvalue weighted by Crippen LogP contribution is -2.13. The van der Waals surface area contributed by atoms with Crippen LogP contribution in [-0.4, -0.2) is 53.5 Å². The number of Topliss-reactive ketones (excluding diaryl/α,β-unsaturated/α-hetero) is 1. The van der Waals surface area contributed by atoms with Crippen LogP contribution >= 0.6 is 11.3 Å². The first-order valence-electron chi connectivity index (χ1n) is 8.77. The largest absolute Gasteiger partial charge is 0.490 e. The zero-order valence-electron chi connectivity index (χ0n) is 15.1. The van der Waals surface area contributed by atoms with E-state index in [1.807, 2.05) is 0 Å². The summed E-state index contributed by atoms with van der Waals surface area (Å²) in [5.41, 5.74) is 0. The number of carbonyl (C=O) groups excluding carboxylic acids is 1. The Labute approximate surface area is 161 Å². The Hall–Kier alpha value is -2.16. The summed E-state index contributed by atoms with van der Waals surface area (Å²) in [6, 6.07) is 5.28. The average molecular weight is 396 g/mol. The summed E-state index contributed by atoms with van der Waals surface area (Å²) in [5, 5.41) is 27.6. The van der Waals surface area contributed by atoms with E-state index in [4.69, 9.17) is 24.8 Å². The van der Waals surface area contributed by atoms with Gasteiger partial charge >= 0.3 is 5.97 Å². The van der Waals surface area contributed by atoms with Gasteiger partial charge in [0, 0.05) is 43.2 Å². The van der Waals surface area contributed by atoms with E-state index in [-0.39, 0.29) is 25.4 Å². The highest BCUT2D eigenvalue weighted by Gasteiger charge is 2.19. The number of hydrogen-bond acceptors (Lipinski definition) is 7. The van der Waals surface area contributed by atoms with Gasteiger partial charge in [0.15, 0.2) is 17.3 Å². The van der Waals surface area contributed by atoms with E-state index < -0.39 is 11.9 Å². The lowest BCUT2D eigenvalue weighted by molar-refractivity contribution is -0.141. The van der Waals surface area contributed by atoms with Crippen LogP contribution in [0.25, 0.3) is 10.1 Å². The number of rotatable bonds is 12. The molecule has 1 unspecified atom stereocenters. The average Bonchev–Trinajstić information content (AvgIpc) is 3.05. The highest BCUT2D eigenvalue weighted by molar-refractivity contribution is 7.20. The molecule has 7 nitrogen and oxygen atoms in total. The first-order chi connectivity index (χ1) is 13.0. The van der Waals surface area contributed by atoms with Crippen molar-refractivity contribution in [2.75, 3.05) is 26.4 Å². The topological polar surface area (TPSA) is 113 Å². The van der Waals surface area contributed by atoms with E-state index in [1.54, 1.807) is 18.2 Å². The number of aliphatic hydroxyl groups excluding tert-OH is 2. The summed E-state index contributed by atoms with van der Waals surface area (Å²) in [6.45, 7) is 2.19. The predicted octanol–water partition coefficient (Wildman–Crippen LogP) is 2.72. The Morgan fingerprint density at radius 2 is 1.63 bits per heavy atom. The molecule has 0 radical (unpaired) electrons. The fourth-order valence-corrected chi connectivity index (χ4v) is 3.39. The molecule has 1 aromatic heterocycles. The van der Waals surface area contributed by atoms with Crippen LogP contribution in [0, 0.1) is 5.92 Å². The highest BCUT2D eigenvalue weighted by atomic mass is 32.1. The van der Waals surface area contributed by atoms with Crippen molar-refractivity contribution in [1.29, 1.82) is 0 Å². The number of hydrogen-bond donors (Lipinski definition) is 3. The monoisotopic (exact) mass is 396 g/mol. The lowest BCUT2D eigenvalue weighted by Gasteiger charge is -2.12. The molecule has 0 spiro atoms. The minimum atomic E-state index is -0.997. The number of carboxylic acid groups (broad SMARTS) is 1. The molecule has 0 aliphatic carbocycles. The van der Waals surface area contributed by atoms with Gasteiger partial charge in [0.2, 0.25) is 0 Å². The molecule has 1 heterocycles. The van der Waals surface area contributed by atoms with Crippen molar-refractivity contribution in [3.8, 4) is 11.5 Å². The third-order valence-electron chi connectivity index (χ3n) is 3.89. The van der Waals surface area contributed by atoms with Gasteiger partial charge in [-0.1, -0.05) is 6.92 Å². The molecule has 8 heteroatoms. The molecular weight excluding hydrogens is 372 g/mol. The Kier molecular flexibility index (Phi) is 8.02. The summed E-state index contributed by atoms with van der Waals surface area (Å²) < 4.78 is 12.2. The molecule has 0 fully saturated rings. The van der Waals surface area contributed by atoms with E-state index in [1.165, 1.54) is 18.3 Å². The van der Waals surface area contributed by atoms with Gasteiger partial charge in [-0.2, -0.15) is 0 Å². The molecule has 0 aliphatic rings. The predicted molar refractivity (Wildman–Crippen MR) is 102 cm³/mol. The van der Waals surface area contributed by atoms with Gasteiger partial charge in [0.1, 0.15) is 0 Å². The summed E-state index contributed by atoms with van der Waals surface area (Å²) in [4.78, 5) is 23.8. The van der Waals surface area contributed by atoms with Crippen molar-refractivity contribution in [2.45, 2.75) is 26.2 Å². The molecule has 0 amide bonds. The van der Waals surface area contributed by atoms with Gasteiger partial charge in [-0.05, 0) is 17.5 Å². The molecule has 0 bridgehead atoms. The van der Waals surface area contributed by atoms with Crippen molar-refractivity contribution >= 4 is 33.2 Å². The highest BCUT2D eigenvalue weighted by Crippen LogP contribution is 2.37. The number of carbonyl (C=O) groups is 2. The molecule has 1 atom stereocenters. The molecular formula is C19H24O7S. The summed E-state index contributed by atoms with van der Waals surface area (Å²) in [5.74, 6) is -0.934. The number of ketones is 1. The first kappa shape index (κ1) is 21.1. The maximum Gasteiger partial charge on any atom is 0.306 e. The Morgan fingerprint density at radius 1 is 1.04 bits per heavy atom. The van der Waals surface area contributed by atoms with Gasteiger partial charge in [0.05, 0.1) is 24.0 Å². The van der Waals surface area contributed by atoms with Crippen LogP contribution in [0.15, 0.2) is 18.2 Å². The Morgan fingerprint density at radius 3 is 2.19 bits per heavy atom. The van der Waals surface area contributed by atoms with Gasteiger partial charge in [0.25, 0.3) is 0 Å². The number of benzene rings is 1.